The molecule has 1 aromatic rings. The number of phenolic OH excluding ortho intramolecular Hbond substituents is 1. The van der Waals surface area contributed by atoms with Gasteiger partial charge in [-0.3, -0.25) is 0 Å². The van der Waals surface area contributed by atoms with Crippen LogP contribution in [0.25, 0.3) is 0 Å². The molecule has 1 aliphatic heterocycles. The molecule has 22 heavy (non-hydrogen) atoms. The Morgan fingerprint density at radius 2 is 2.00 bits per heavy atom. The van der Waals surface area contributed by atoms with E-state index in [9.17, 15) is 5.11 Å². The van der Waals surface area contributed by atoms with E-state index >= 15 is 0 Å². The summed E-state index contributed by atoms with van der Waals surface area (Å²) in [6, 6.07) is 4.11. The van der Waals surface area contributed by atoms with Gasteiger partial charge >= 0.3 is 0 Å². The van der Waals surface area contributed by atoms with E-state index in [1.165, 1.54) is 42.5 Å². The summed E-state index contributed by atoms with van der Waals surface area (Å²) in [6.07, 6.45) is 3.91. The molecule has 1 saturated heterocycles. The van der Waals surface area contributed by atoms with Gasteiger partial charge in [-0.1, -0.05) is 6.92 Å². The van der Waals surface area contributed by atoms with Crippen LogP contribution in [0.2, 0.25) is 0 Å². The Balaban J connectivity index is 1.75. The zero-order chi connectivity index (χ0) is 16.1. The highest BCUT2D eigenvalue weighted by molar-refractivity contribution is 14.1. The first-order valence-electron chi connectivity index (χ1n) is 8.34. The van der Waals surface area contributed by atoms with Gasteiger partial charge in [-0.15, -0.1) is 0 Å². The van der Waals surface area contributed by atoms with Gasteiger partial charge in [0.15, 0.2) is 0 Å². The van der Waals surface area contributed by atoms with E-state index in [2.05, 4.69) is 52.4 Å². The van der Waals surface area contributed by atoms with Crippen LogP contribution in [0.1, 0.15) is 37.3 Å². The van der Waals surface area contributed by atoms with Crippen LogP contribution in [0, 0.1) is 16.4 Å². The zero-order valence-electron chi connectivity index (χ0n) is 14.1. The molecule has 0 aromatic heterocycles. The van der Waals surface area contributed by atoms with E-state index in [-0.39, 0.29) is 0 Å². The summed E-state index contributed by atoms with van der Waals surface area (Å²) < 4.78 is 1.19. The van der Waals surface area contributed by atoms with Crippen LogP contribution < -0.4 is 0 Å². The normalized spacial score (nSPS) is 17.3. The van der Waals surface area contributed by atoms with Crippen molar-refractivity contribution >= 4 is 22.6 Å². The maximum atomic E-state index is 10.2. The number of piperidine rings is 1. The lowest BCUT2D eigenvalue weighted by Gasteiger charge is -2.30. The quantitative estimate of drug-likeness (QED) is 0.714. The Morgan fingerprint density at radius 1 is 1.32 bits per heavy atom. The van der Waals surface area contributed by atoms with Crippen molar-refractivity contribution in [3.63, 3.8) is 0 Å². The van der Waals surface area contributed by atoms with Crippen molar-refractivity contribution < 1.29 is 5.11 Å². The summed E-state index contributed by atoms with van der Waals surface area (Å²) in [7, 11) is 2.15. The summed E-state index contributed by atoms with van der Waals surface area (Å²) in [4.78, 5) is 4.91. The van der Waals surface area contributed by atoms with Crippen molar-refractivity contribution in [2.75, 3.05) is 33.2 Å². The third-order valence-corrected chi connectivity index (χ3v) is 5.30. The number of phenols is 1. The van der Waals surface area contributed by atoms with E-state index in [1.54, 1.807) is 0 Å². The second-order valence-electron chi connectivity index (χ2n) is 6.85. The van der Waals surface area contributed by atoms with Crippen molar-refractivity contribution in [3.8, 4) is 5.75 Å². The fraction of sp³-hybridized carbons (Fsp3) is 0.667. The largest absolute Gasteiger partial charge is 0.507 e. The molecular weight excluding hydrogens is 387 g/mol. The number of likely N-dealkylation sites (tertiary alicyclic amines) is 1. The lowest BCUT2D eigenvalue weighted by atomic mass is 9.99. The molecule has 0 amide bonds. The molecule has 0 atom stereocenters. The van der Waals surface area contributed by atoms with Crippen LogP contribution >= 0.6 is 22.6 Å². The van der Waals surface area contributed by atoms with Gasteiger partial charge in [0, 0.05) is 15.7 Å². The molecule has 1 heterocycles. The van der Waals surface area contributed by atoms with E-state index in [4.69, 9.17) is 0 Å². The molecule has 0 saturated carbocycles. The third-order valence-electron chi connectivity index (χ3n) is 4.67. The molecule has 4 heteroatoms. The Hall–Kier alpha value is -0.330. The second kappa shape index (κ2) is 8.50. The minimum atomic E-state index is 0.456. The van der Waals surface area contributed by atoms with Gasteiger partial charge in [0.1, 0.15) is 5.75 Å². The molecule has 0 unspecified atom stereocenters. The van der Waals surface area contributed by atoms with Crippen LogP contribution in [0.3, 0.4) is 0 Å². The minimum absolute atomic E-state index is 0.456. The van der Waals surface area contributed by atoms with Gasteiger partial charge in [0.05, 0.1) is 0 Å². The Kier molecular flexibility index (Phi) is 6.96. The topological polar surface area (TPSA) is 26.7 Å². The highest BCUT2D eigenvalue weighted by Gasteiger charge is 2.15. The third kappa shape index (κ3) is 5.39. The molecule has 0 aliphatic carbocycles. The average molecular weight is 416 g/mol. The molecule has 1 fully saturated rings. The van der Waals surface area contributed by atoms with Crippen molar-refractivity contribution in [1.29, 1.82) is 0 Å². The van der Waals surface area contributed by atoms with Crippen molar-refractivity contribution in [3.05, 3.63) is 26.8 Å². The van der Waals surface area contributed by atoms with Gasteiger partial charge < -0.3 is 14.9 Å². The monoisotopic (exact) mass is 416 g/mol. The first-order valence-corrected chi connectivity index (χ1v) is 9.42. The molecular formula is C18H29IN2O. The van der Waals surface area contributed by atoms with Gasteiger partial charge in [-0.05, 0) is 106 Å². The first-order chi connectivity index (χ1) is 10.5. The zero-order valence-corrected chi connectivity index (χ0v) is 16.3. The van der Waals surface area contributed by atoms with E-state index in [0.29, 0.717) is 5.75 Å². The van der Waals surface area contributed by atoms with E-state index in [0.717, 1.165) is 30.1 Å². The lowest BCUT2D eigenvalue weighted by molar-refractivity contribution is 0.181. The number of rotatable bonds is 6. The summed E-state index contributed by atoms with van der Waals surface area (Å²) >= 11 is 2.32. The fourth-order valence-corrected chi connectivity index (χ4v) is 3.99. The summed E-state index contributed by atoms with van der Waals surface area (Å²) in [5.41, 5.74) is 2.01. The molecule has 0 bridgehead atoms. The summed E-state index contributed by atoms with van der Waals surface area (Å²) in [5.74, 6) is 1.36. The van der Waals surface area contributed by atoms with Crippen LogP contribution in [0.15, 0.2) is 12.1 Å². The van der Waals surface area contributed by atoms with Crippen molar-refractivity contribution in [2.24, 2.45) is 5.92 Å². The van der Waals surface area contributed by atoms with Gasteiger partial charge in [0.2, 0.25) is 0 Å². The van der Waals surface area contributed by atoms with Gasteiger partial charge in [-0.2, -0.15) is 0 Å². The fourth-order valence-electron chi connectivity index (χ4n) is 3.15. The van der Waals surface area contributed by atoms with Gasteiger partial charge in [-0.25, -0.2) is 0 Å². The minimum Gasteiger partial charge on any atom is -0.507 e. The van der Waals surface area contributed by atoms with Gasteiger partial charge in [0.25, 0.3) is 0 Å². The molecule has 1 N–H and O–H groups in total. The van der Waals surface area contributed by atoms with Crippen LogP contribution in [-0.4, -0.2) is 48.1 Å². The Morgan fingerprint density at radius 3 is 2.68 bits per heavy atom. The highest BCUT2D eigenvalue weighted by Crippen LogP contribution is 2.25. The molecule has 2 rings (SSSR count). The first kappa shape index (κ1) is 18.0. The lowest BCUT2D eigenvalue weighted by Crippen LogP contribution is -2.35. The van der Waals surface area contributed by atoms with Crippen molar-refractivity contribution in [2.45, 2.75) is 39.7 Å². The maximum Gasteiger partial charge on any atom is 0.123 e. The summed E-state index contributed by atoms with van der Waals surface area (Å²) in [6.45, 7) is 9.97. The standard InChI is InChI=1S/C18H29IN2O/c1-14-5-9-21(10-6-14)8-4-7-20(3)13-16-12-17(19)11-15(2)18(16)22/h11-12,14,22H,4-10,13H2,1-3H3. The van der Waals surface area contributed by atoms with Crippen LogP contribution in [0.5, 0.6) is 5.75 Å². The molecule has 124 valence electrons. The van der Waals surface area contributed by atoms with E-state index in [1.807, 2.05) is 13.0 Å². The Labute approximate surface area is 148 Å². The number of hydrogen-bond donors (Lipinski definition) is 1. The molecule has 0 spiro atoms. The maximum absolute atomic E-state index is 10.2. The molecule has 3 nitrogen and oxygen atoms in total. The smallest absolute Gasteiger partial charge is 0.123 e. The van der Waals surface area contributed by atoms with E-state index < -0.39 is 0 Å². The van der Waals surface area contributed by atoms with Crippen LogP contribution in [0.4, 0.5) is 0 Å². The number of nitrogens with zero attached hydrogens (tertiary/aromatic N) is 2. The molecule has 1 aliphatic rings. The number of aryl methyl sites for hydroxylation is 1. The molecule has 0 radical (unpaired) electrons. The predicted octanol–water partition coefficient (Wildman–Crippen LogP) is 3.86. The highest BCUT2D eigenvalue weighted by atomic mass is 127. The van der Waals surface area contributed by atoms with Crippen molar-refractivity contribution in [1.82, 2.24) is 9.80 Å². The number of hydrogen-bond acceptors (Lipinski definition) is 3. The average Bonchev–Trinajstić information content (AvgIpc) is 2.46. The predicted molar refractivity (Wildman–Crippen MR) is 101 cm³/mol. The number of halogens is 1. The van der Waals surface area contributed by atoms with Crippen LogP contribution in [-0.2, 0) is 6.54 Å². The second-order valence-corrected chi connectivity index (χ2v) is 8.09. The summed E-state index contributed by atoms with van der Waals surface area (Å²) in [5, 5.41) is 10.2. The molecule has 1 aromatic carbocycles. The number of benzene rings is 1. The SMILES string of the molecule is Cc1cc(I)cc(CN(C)CCCN2CCC(C)CC2)c1O. The number of aromatic hydroxyl groups is 1. The Bertz CT molecular complexity index is 484.